The average Bonchev–Trinajstić information content (AvgIpc) is 2.20. The first-order valence-electron chi connectivity index (χ1n) is 3.63. The lowest BCUT2D eigenvalue weighted by Crippen LogP contribution is -2.08. The highest BCUT2D eigenvalue weighted by atomic mass is 16.5. The number of hydrogen-bond acceptors (Lipinski definition) is 2. The van der Waals surface area contributed by atoms with E-state index in [1.54, 1.807) is 0 Å². The summed E-state index contributed by atoms with van der Waals surface area (Å²) in [6, 6.07) is 0. The van der Waals surface area contributed by atoms with Crippen molar-refractivity contribution in [3.05, 3.63) is 11.8 Å². The second-order valence-electron chi connectivity index (χ2n) is 2.50. The zero-order chi connectivity index (χ0) is 7.56. The average molecular weight is 140 g/mol. The molecule has 1 aliphatic rings. The van der Waals surface area contributed by atoms with Crippen LogP contribution in [0.4, 0.5) is 0 Å². The molecule has 0 spiro atoms. The molecule has 0 aromatic carbocycles. The zero-order valence-corrected chi connectivity index (χ0v) is 6.39. The van der Waals surface area contributed by atoms with Crippen LogP contribution in [0.25, 0.3) is 0 Å². The molecule has 0 aromatic rings. The third-order valence-electron chi connectivity index (χ3n) is 1.65. The van der Waals surface area contributed by atoms with Crippen LogP contribution in [0.3, 0.4) is 0 Å². The SMILES string of the molecule is CCOC1=CCC(C)C1=O. The van der Waals surface area contributed by atoms with Gasteiger partial charge in [-0.2, -0.15) is 0 Å². The molecule has 2 nitrogen and oxygen atoms in total. The highest BCUT2D eigenvalue weighted by Crippen LogP contribution is 2.20. The van der Waals surface area contributed by atoms with E-state index in [0.717, 1.165) is 6.42 Å². The Bertz CT molecular complexity index is 170. The Morgan fingerprint density at radius 3 is 2.90 bits per heavy atom. The second kappa shape index (κ2) is 2.86. The van der Waals surface area contributed by atoms with Crippen molar-refractivity contribution in [2.45, 2.75) is 20.3 Å². The molecule has 1 atom stereocenters. The number of allylic oxidation sites excluding steroid dienone is 2. The third kappa shape index (κ3) is 1.20. The summed E-state index contributed by atoms with van der Waals surface area (Å²) in [5, 5.41) is 0. The fourth-order valence-corrected chi connectivity index (χ4v) is 1.02. The fraction of sp³-hybridized carbons (Fsp3) is 0.625. The Kier molecular flexibility index (Phi) is 2.10. The minimum atomic E-state index is 0.140. The van der Waals surface area contributed by atoms with Gasteiger partial charge in [0.05, 0.1) is 6.61 Å². The van der Waals surface area contributed by atoms with Crippen molar-refractivity contribution in [1.29, 1.82) is 0 Å². The number of ether oxygens (including phenoxy) is 1. The third-order valence-corrected chi connectivity index (χ3v) is 1.65. The zero-order valence-electron chi connectivity index (χ0n) is 6.39. The summed E-state index contributed by atoms with van der Waals surface area (Å²) in [5.74, 6) is 0.860. The molecule has 0 aromatic heterocycles. The van der Waals surface area contributed by atoms with Crippen LogP contribution in [-0.2, 0) is 9.53 Å². The molecule has 1 rings (SSSR count). The fourth-order valence-electron chi connectivity index (χ4n) is 1.02. The Balaban J connectivity index is 2.54. The minimum Gasteiger partial charge on any atom is -0.490 e. The van der Waals surface area contributed by atoms with Crippen molar-refractivity contribution < 1.29 is 9.53 Å². The molecule has 1 aliphatic carbocycles. The molecule has 0 N–H and O–H groups in total. The Morgan fingerprint density at radius 2 is 2.50 bits per heavy atom. The summed E-state index contributed by atoms with van der Waals surface area (Å²) in [6.07, 6.45) is 2.71. The van der Waals surface area contributed by atoms with Gasteiger partial charge in [-0.1, -0.05) is 6.92 Å². The van der Waals surface area contributed by atoms with Crippen molar-refractivity contribution in [3.63, 3.8) is 0 Å². The van der Waals surface area contributed by atoms with Gasteiger partial charge in [-0.3, -0.25) is 4.79 Å². The largest absolute Gasteiger partial charge is 0.490 e. The van der Waals surface area contributed by atoms with Gasteiger partial charge in [-0.15, -0.1) is 0 Å². The van der Waals surface area contributed by atoms with Crippen LogP contribution in [0.15, 0.2) is 11.8 Å². The minimum absolute atomic E-state index is 0.140. The van der Waals surface area contributed by atoms with E-state index in [9.17, 15) is 4.79 Å². The molecule has 56 valence electrons. The van der Waals surface area contributed by atoms with Crippen molar-refractivity contribution in [2.24, 2.45) is 5.92 Å². The molecule has 0 bridgehead atoms. The molecule has 0 fully saturated rings. The summed E-state index contributed by atoms with van der Waals surface area (Å²) in [7, 11) is 0. The van der Waals surface area contributed by atoms with E-state index in [-0.39, 0.29) is 11.7 Å². The maximum absolute atomic E-state index is 11.1. The smallest absolute Gasteiger partial charge is 0.200 e. The summed E-state index contributed by atoms with van der Waals surface area (Å²) in [5.41, 5.74) is 0. The van der Waals surface area contributed by atoms with Gasteiger partial charge in [0.25, 0.3) is 0 Å². The highest BCUT2D eigenvalue weighted by Gasteiger charge is 2.23. The van der Waals surface area contributed by atoms with Crippen molar-refractivity contribution in [2.75, 3.05) is 6.61 Å². The van der Waals surface area contributed by atoms with Crippen molar-refractivity contribution in [1.82, 2.24) is 0 Å². The van der Waals surface area contributed by atoms with Gasteiger partial charge < -0.3 is 4.74 Å². The van der Waals surface area contributed by atoms with Gasteiger partial charge in [0, 0.05) is 5.92 Å². The van der Waals surface area contributed by atoms with Crippen molar-refractivity contribution in [3.8, 4) is 0 Å². The molecule has 10 heavy (non-hydrogen) atoms. The van der Waals surface area contributed by atoms with Crippen LogP contribution >= 0.6 is 0 Å². The number of rotatable bonds is 2. The van der Waals surface area contributed by atoms with Gasteiger partial charge in [-0.05, 0) is 19.4 Å². The first kappa shape index (κ1) is 7.32. The predicted octanol–water partition coefficient (Wildman–Crippen LogP) is 1.52. The monoisotopic (exact) mass is 140 g/mol. The van der Waals surface area contributed by atoms with Gasteiger partial charge in [0.15, 0.2) is 11.5 Å². The number of ketones is 1. The van der Waals surface area contributed by atoms with Crippen molar-refractivity contribution >= 4 is 5.78 Å². The van der Waals surface area contributed by atoms with Crippen LogP contribution in [0.2, 0.25) is 0 Å². The van der Waals surface area contributed by atoms with E-state index in [4.69, 9.17) is 4.74 Å². The van der Waals surface area contributed by atoms with Gasteiger partial charge in [-0.25, -0.2) is 0 Å². The van der Waals surface area contributed by atoms with Crippen LogP contribution in [0.5, 0.6) is 0 Å². The molecule has 0 amide bonds. The molecule has 1 unspecified atom stereocenters. The Labute approximate surface area is 60.9 Å². The molecule has 0 radical (unpaired) electrons. The molecule has 0 aliphatic heterocycles. The van der Waals surface area contributed by atoms with Crippen LogP contribution < -0.4 is 0 Å². The Morgan fingerprint density at radius 1 is 1.80 bits per heavy atom. The van der Waals surface area contributed by atoms with Crippen LogP contribution in [-0.4, -0.2) is 12.4 Å². The first-order chi connectivity index (χ1) is 4.75. The maximum atomic E-state index is 11.1. The molecular formula is C8H12O2. The van der Waals surface area contributed by atoms with E-state index in [2.05, 4.69) is 0 Å². The molecule has 2 heteroatoms. The predicted molar refractivity (Wildman–Crippen MR) is 38.5 cm³/mol. The first-order valence-corrected chi connectivity index (χ1v) is 3.63. The second-order valence-corrected chi connectivity index (χ2v) is 2.50. The maximum Gasteiger partial charge on any atom is 0.200 e. The standard InChI is InChI=1S/C8H12O2/c1-3-10-7-5-4-6(2)8(7)9/h5-6H,3-4H2,1-2H3. The lowest BCUT2D eigenvalue weighted by atomic mass is 10.1. The molecule has 0 heterocycles. The van der Waals surface area contributed by atoms with E-state index in [1.165, 1.54) is 0 Å². The summed E-state index contributed by atoms with van der Waals surface area (Å²) >= 11 is 0. The highest BCUT2D eigenvalue weighted by molar-refractivity contribution is 5.97. The molecule has 0 saturated heterocycles. The summed E-state index contributed by atoms with van der Waals surface area (Å²) < 4.78 is 5.10. The van der Waals surface area contributed by atoms with Gasteiger partial charge >= 0.3 is 0 Å². The summed E-state index contributed by atoms with van der Waals surface area (Å²) in [6.45, 7) is 4.40. The number of Topliss-reactive ketones (excluding diaryl/α,β-unsaturated/α-hetero) is 1. The lowest BCUT2D eigenvalue weighted by Gasteiger charge is -2.02. The number of carbonyl (C=O) groups excluding carboxylic acids is 1. The Hall–Kier alpha value is -0.790. The quantitative estimate of drug-likeness (QED) is 0.581. The van der Waals surface area contributed by atoms with E-state index >= 15 is 0 Å². The lowest BCUT2D eigenvalue weighted by molar-refractivity contribution is -0.120. The number of hydrogen-bond donors (Lipinski definition) is 0. The van der Waals surface area contributed by atoms with Gasteiger partial charge in [0.2, 0.25) is 0 Å². The number of carbonyl (C=O) groups is 1. The summed E-state index contributed by atoms with van der Waals surface area (Å²) in [4.78, 5) is 11.1. The van der Waals surface area contributed by atoms with E-state index < -0.39 is 0 Å². The van der Waals surface area contributed by atoms with E-state index in [0.29, 0.717) is 12.4 Å². The van der Waals surface area contributed by atoms with Crippen LogP contribution in [0, 0.1) is 5.92 Å². The topological polar surface area (TPSA) is 26.3 Å². The van der Waals surface area contributed by atoms with Gasteiger partial charge in [0.1, 0.15) is 0 Å². The molecular weight excluding hydrogens is 128 g/mol. The normalized spacial score (nSPS) is 24.8. The molecule has 0 saturated carbocycles. The van der Waals surface area contributed by atoms with Crippen LogP contribution in [0.1, 0.15) is 20.3 Å². The van der Waals surface area contributed by atoms with E-state index in [1.807, 2.05) is 19.9 Å².